The SMILES string of the molecule is COCCn1cc(-c2c(C)cc(NC(=O)C3(c4ccc(C(F)(F)F)cc4F)CC3)cc2C(=O)O)cn1. The van der Waals surface area contributed by atoms with Crippen LogP contribution in [0.15, 0.2) is 42.7 Å². The Kier molecular flexibility index (Phi) is 6.61. The molecule has 0 saturated heterocycles. The second-order valence-corrected chi connectivity index (χ2v) is 8.73. The van der Waals surface area contributed by atoms with E-state index in [0.717, 1.165) is 12.1 Å². The lowest BCUT2D eigenvalue weighted by Gasteiger charge is -2.19. The topological polar surface area (TPSA) is 93.5 Å². The van der Waals surface area contributed by atoms with E-state index in [9.17, 15) is 32.3 Å². The lowest BCUT2D eigenvalue weighted by Crippen LogP contribution is -2.29. The van der Waals surface area contributed by atoms with Crippen LogP contribution in [-0.4, -0.2) is 40.5 Å². The smallest absolute Gasteiger partial charge is 0.416 e. The van der Waals surface area contributed by atoms with Gasteiger partial charge in [0.2, 0.25) is 5.91 Å². The van der Waals surface area contributed by atoms with Gasteiger partial charge in [-0.1, -0.05) is 6.07 Å². The molecule has 1 saturated carbocycles. The van der Waals surface area contributed by atoms with Crippen molar-refractivity contribution in [3.63, 3.8) is 0 Å². The van der Waals surface area contributed by atoms with Crippen molar-refractivity contribution < 1.29 is 37.0 Å². The van der Waals surface area contributed by atoms with Gasteiger partial charge in [-0.25, -0.2) is 9.18 Å². The number of carboxylic acid groups (broad SMARTS) is 1. The average molecular weight is 505 g/mol. The van der Waals surface area contributed by atoms with Gasteiger partial charge in [0, 0.05) is 35.7 Å². The van der Waals surface area contributed by atoms with Crippen LogP contribution >= 0.6 is 0 Å². The number of halogens is 4. The standard InChI is InChI=1S/C25H23F4N3O4/c1-14-9-17(11-18(22(33)34)21(14)15-12-30-32(13-15)7-8-36-2)31-23(35)24(5-6-24)19-4-3-16(10-20(19)26)25(27,28)29/h3-4,9-13H,5-8H2,1-2H3,(H,31,35)(H,33,34). The predicted octanol–water partition coefficient (Wildman–Crippen LogP) is 5.03. The summed E-state index contributed by atoms with van der Waals surface area (Å²) in [5, 5.41) is 16.7. The highest BCUT2D eigenvalue weighted by molar-refractivity contribution is 6.04. The van der Waals surface area contributed by atoms with Gasteiger partial charge < -0.3 is 15.2 Å². The number of rotatable bonds is 8. The van der Waals surface area contributed by atoms with Gasteiger partial charge in [0.15, 0.2) is 0 Å². The first-order chi connectivity index (χ1) is 17.0. The molecule has 2 aromatic carbocycles. The molecule has 0 unspecified atom stereocenters. The Morgan fingerprint density at radius 2 is 1.94 bits per heavy atom. The van der Waals surface area contributed by atoms with Crippen molar-refractivity contribution in [3.8, 4) is 11.1 Å². The number of carboxylic acids is 1. The van der Waals surface area contributed by atoms with Gasteiger partial charge in [-0.15, -0.1) is 0 Å². The summed E-state index contributed by atoms with van der Waals surface area (Å²) in [6.45, 7) is 2.60. The van der Waals surface area contributed by atoms with Crippen LogP contribution in [0.3, 0.4) is 0 Å². The third-order valence-electron chi connectivity index (χ3n) is 6.27. The predicted molar refractivity (Wildman–Crippen MR) is 122 cm³/mol. The number of benzene rings is 2. The third-order valence-corrected chi connectivity index (χ3v) is 6.27. The number of methoxy groups -OCH3 is 1. The Morgan fingerprint density at radius 1 is 1.22 bits per heavy atom. The first kappa shape index (κ1) is 25.4. The molecule has 7 nitrogen and oxygen atoms in total. The Hall–Kier alpha value is -3.73. The lowest BCUT2D eigenvalue weighted by molar-refractivity contribution is -0.137. The molecule has 11 heteroatoms. The summed E-state index contributed by atoms with van der Waals surface area (Å²) >= 11 is 0. The molecule has 190 valence electrons. The van der Waals surface area contributed by atoms with Crippen LogP contribution in [0.2, 0.25) is 0 Å². The van der Waals surface area contributed by atoms with Gasteiger partial charge in [-0.3, -0.25) is 9.48 Å². The number of aromatic carboxylic acids is 1. The minimum absolute atomic E-state index is 0.0675. The van der Waals surface area contributed by atoms with E-state index in [2.05, 4.69) is 10.4 Å². The summed E-state index contributed by atoms with van der Waals surface area (Å²) < 4.78 is 60.0. The molecule has 4 rings (SSSR count). The average Bonchev–Trinajstić information content (AvgIpc) is 3.48. The first-order valence-corrected chi connectivity index (χ1v) is 11.0. The fourth-order valence-electron chi connectivity index (χ4n) is 4.28. The zero-order valence-electron chi connectivity index (χ0n) is 19.4. The molecule has 0 radical (unpaired) electrons. The molecule has 1 heterocycles. The molecule has 1 amide bonds. The number of hydrogen-bond acceptors (Lipinski definition) is 4. The Balaban J connectivity index is 1.62. The highest BCUT2D eigenvalue weighted by atomic mass is 19.4. The number of hydrogen-bond donors (Lipinski definition) is 2. The van der Waals surface area contributed by atoms with Crippen LogP contribution in [0.25, 0.3) is 11.1 Å². The first-order valence-electron chi connectivity index (χ1n) is 11.0. The van der Waals surface area contributed by atoms with Crippen LogP contribution < -0.4 is 5.32 Å². The van der Waals surface area contributed by atoms with Gasteiger partial charge in [-0.2, -0.15) is 18.3 Å². The summed E-state index contributed by atoms with van der Waals surface area (Å²) in [5.74, 6) is -2.94. The minimum atomic E-state index is -4.70. The summed E-state index contributed by atoms with van der Waals surface area (Å²) in [5.41, 5.74) is -0.894. The number of ether oxygens (including phenoxy) is 1. The molecule has 0 atom stereocenters. The van der Waals surface area contributed by atoms with Crippen LogP contribution in [0.1, 0.15) is 39.9 Å². The Bertz CT molecular complexity index is 1330. The number of aryl methyl sites for hydroxylation is 1. The van der Waals surface area contributed by atoms with E-state index in [1.54, 1.807) is 31.0 Å². The van der Waals surface area contributed by atoms with Crippen molar-refractivity contribution in [2.75, 3.05) is 19.0 Å². The molecular formula is C25H23F4N3O4. The van der Waals surface area contributed by atoms with Crippen molar-refractivity contribution in [2.24, 2.45) is 0 Å². The van der Waals surface area contributed by atoms with E-state index in [-0.39, 0.29) is 29.7 Å². The van der Waals surface area contributed by atoms with Gasteiger partial charge in [0.1, 0.15) is 5.82 Å². The zero-order valence-corrected chi connectivity index (χ0v) is 19.4. The van der Waals surface area contributed by atoms with E-state index in [1.165, 1.54) is 12.3 Å². The fourth-order valence-corrected chi connectivity index (χ4v) is 4.28. The summed E-state index contributed by atoms with van der Waals surface area (Å²) in [6.07, 6.45) is -0.964. The van der Waals surface area contributed by atoms with Crippen LogP contribution in [0.5, 0.6) is 0 Å². The number of amides is 1. The monoisotopic (exact) mass is 505 g/mol. The summed E-state index contributed by atoms with van der Waals surface area (Å²) in [6, 6.07) is 5.01. The Labute approximate surface area is 203 Å². The Morgan fingerprint density at radius 3 is 2.53 bits per heavy atom. The molecular weight excluding hydrogens is 482 g/mol. The maximum atomic E-state index is 14.6. The van der Waals surface area contributed by atoms with E-state index in [1.807, 2.05) is 0 Å². The molecule has 1 fully saturated rings. The molecule has 1 aromatic heterocycles. The van der Waals surface area contributed by atoms with Gasteiger partial charge >= 0.3 is 12.1 Å². The van der Waals surface area contributed by atoms with Crippen molar-refractivity contribution >= 4 is 17.6 Å². The van der Waals surface area contributed by atoms with E-state index < -0.39 is 34.8 Å². The van der Waals surface area contributed by atoms with E-state index in [4.69, 9.17) is 4.74 Å². The van der Waals surface area contributed by atoms with Crippen LogP contribution in [-0.2, 0) is 27.7 Å². The number of nitrogens with zero attached hydrogens (tertiary/aromatic N) is 2. The number of nitrogens with one attached hydrogen (secondary N) is 1. The second-order valence-electron chi connectivity index (χ2n) is 8.73. The lowest BCUT2D eigenvalue weighted by atomic mass is 9.92. The number of carbonyl (C=O) groups excluding carboxylic acids is 1. The highest BCUT2D eigenvalue weighted by Crippen LogP contribution is 2.50. The summed E-state index contributed by atoms with van der Waals surface area (Å²) in [4.78, 5) is 25.2. The summed E-state index contributed by atoms with van der Waals surface area (Å²) in [7, 11) is 1.56. The van der Waals surface area contributed by atoms with Gasteiger partial charge in [-0.05, 0) is 49.6 Å². The quantitative estimate of drug-likeness (QED) is 0.419. The normalized spacial score (nSPS) is 14.5. The largest absolute Gasteiger partial charge is 0.478 e. The third kappa shape index (κ3) is 4.83. The number of anilines is 1. The van der Waals surface area contributed by atoms with Crippen LogP contribution in [0.4, 0.5) is 23.2 Å². The van der Waals surface area contributed by atoms with Gasteiger partial charge in [0.05, 0.1) is 35.9 Å². The molecule has 0 spiro atoms. The molecule has 0 aliphatic heterocycles. The highest BCUT2D eigenvalue weighted by Gasteiger charge is 2.53. The van der Waals surface area contributed by atoms with Crippen molar-refractivity contribution in [1.82, 2.24) is 9.78 Å². The maximum Gasteiger partial charge on any atom is 0.416 e. The molecule has 2 N–H and O–H groups in total. The second kappa shape index (κ2) is 9.38. The fraction of sp³-hybridized carbons (Fsp3) is 0.320. The molecule has 1 aliphatic rings. The van der Waals surface area contributed by atoms with E-state index in [0.29, 0.717) is 35.9 Å². The molecule has 36 heavy (non-hydrogen) atoms. The van der Waals surface area contributed by atoms with Crippen LogP contribution in [0, 0.1) is 12.7 Å². The van der Waals surface area contributed by atoms with Gasteiger partial charge in [0.25, 0.3) is 0 Å². The molecule has 1 aliphatic carbocycles. The molecule has 3 aromatic rings. The number of alkyl halides is 3. The number of carbonyl (C=O) groups is 2. The minimum Gasteiger partial charge on any atom is -0.478 e. The molecule has 0 bridgehead atoms. The van der Waals surface area contributed by atoms with E-state index >= 15 is 0 Å². The zero-order chi connectivity index (χ0) is 26.3. The number of aromatic nitrogens is 2. The van der Waals surface area contributed by atoms with Crippen molar-refractivity contribution in [1.29, 1.82) is 0 Å². The van der Waals surface area contributed by atoms with Crippen molar-refractivity contribution in [2.45, 2.75) is 37.9 Å². The maximum absolute atomic E-state index is 14.6. The van der Waals surface area contributed by atoms with Crippen molar-refractivity contribution in [3.05, 3.63) is 70.8 Å².